The van der Waals surface area contributed by atoms with Crippen molar-refractivity contribution < 1.29 is 13.6 Å². The van der Waals surface area contributed by atoms with E-state index in [1.54, 1.807) is 12.1 Å². The fourth-order valence-corrected chi connectivity index (χ4v) is 1.61. The van der Waals surface area contributed by atoms with Crippen LogP contribution in [0.25, 0.3) is 0 Å². The maximum atomic E-state index is 8.78. The van der Waals surface area contributed by atoms with Crippen molar-refractivity contribution in [3.05, 3.63) is 39.9 Å². The zero-order chi connectivity index (χ0) is 17.1. The number of carbonyl (C=O) groups excluding carboxylic acids is 1. The Morgan fingerprint density at radius 2 is 1.55 bits per heavy atom. The molecule has 2 rings (SSSR count). The molecule has 1 aromatic heterocycles. The number of rotatable bonds is 2. The van der Waals surface area contributed by atoms with Crippen molar-refractivity contribution in [1.29, 1.82) is 0 Å². The highest BCUT2D eigenvalue weighted by Crippen LogP contribution is 2.23. The molecule has 0 radical (unpaired) electrons. The van der Waals surface area contributed by atoms with E-state index in [1.165, 1.54) is 0 Å². The van der Waals surface area contributed by atoms with Crippen LogP contribution in [0.4, 0.5) is 11.6 Å². The van der Waals surface area contributed by atoms with Gasteiger partial charge in [0.25, 0.3) is 0 Å². The van der Waals surface area contributed by atoms with E-state index in [0.29, 0.717) is 10.7 Å². The van der Waals surface area contributed by atoms with E-state index in [9.17, 15) is 0 Å². The Labute approximate surface area is 143 Å². The number of carbonyl (C=O) groups is 1. The molecule has 0 saturated heterocycles. The number of benzene rings is 1. The van der Waals surface area contributed by atoms with E-state index >= 15 is 0 Å². The van der Waals surface area contributed by atoms with Crippen molar-refractivity contribution in [2.24, 2.45) is 5.14 Å². The van der Waals surface area contributed by atoms with Gasteiger partial charge in [-0.2, -0.15) is 15.0 Å². The number of aromatic nitrogens is 3. The van der Waals surface area contributed by atoms with Gasteiger partial charge in [0, 0.05) is 11.3 Å². The van der Waals surface area contributed by atoms with Crippen LogP contribution < -0.4 is 10.5 Å². The Morgan fingerprint density at radius 1 is 1.09 bits per heavy atom. The van der Waals surface area contributed by atoms with E-state index in [0.717, 1.165) is 0 Å². The topological polar surface area (TPSA) is 134 Å². The van der Waals surface area contributed by atoms with Gasteiger partial charge in [-0.05, 0) is 35.3 Å². The maximum absolute atomic E-state index is 8.78. The van der Waals surface area contributed by atoms with E-state index in [-0.39, 0.29) is 16.5 Å². The van der Waals surface area contributed by atoms with Crippen molar-refractivity contribution in [2.75, 3.05) is 5.32 Å². The van der Waals surface area contributed by atoms with E-state index in [1.807, 2.05) is 18.9 Å². The number of hydrogen-bond acceptors (Lipinski definition) is 7. The first-order chi connectivity index (χ1) is 10.4. The van der Waals surface area contributed by atoms with Crippen molar-refractivity contribution in [1.82, 2.24) is 15.0 Å². The molecule has 0 aliphatic heterocycles. The monoisotopic (exact) mass is 384 g/mol. The average molecular weight is 386 g/mol. The maximum Gasteiger partial charge on any atom is 0.232 e. The summed E-state index contributed by atoms with van der Waals surface area (Å²) in [4.78, 5) is 19.4. The molecule has 22 heavy (non-hydrogen) atoms. The van der Waals surface area contributed by atoms with Crippen LogP contribution >= 0.6 is 34.8 Å². The lowest BCUT2D eigenvalue weighted by atomic mass is 10.3. The van der Waals surface area contributed by atoms with Crippen molar-refractivity contribution in [3.63, 3.8) is 0 Å². The summed E-state index contributed by atoms with van der Waals surface area (Å²) in [6.07, 6.45) is 0. The van der Waals surface area contributed by atoms with Gasteiger partial charge in [0.1, 0.15) is 6.79 Å². The van der Waals surface area contributed by atoms with Crippen LogP contribution in [0, 0.1) is 0 Å². The number of halogens is 3. The molecule has 3 N–H and O–H groups in total. The van der Waals surface area contributed by atoms with Crippen LogP contribution in [0.1, 0.15) is 0 Å². The van der Waals surface area contributed by atoms with Gasteiger partial charge in [-0.3, -0.25) is 9.35 Å². The van der Waals surface area contributed by atoms with Crippen LogP contribution in [0.15, 0.2) is 24.3 Å². The summed E-state index contributed by atoms with van der Waals surface area (Å²) in [5, 5.41) is 7.52. The molecule has 1 aromatic carbocycles. The van der Waals surface area contributed by atoms with Crippen molar-refractivity contribution >= 4 is 64.5 Å². The molecule has 0 bridgehead atoms. The van der Waals surface area contributed by atoms with Crippen LogP contribution in [0.2, 0.25) is 15.6 Å². The van der Waals surface area contributed by atoms with Gasteiger partial charge in [0.2, 0.25) is 16.5 Å². The van der Waals surface area contributed by atoms with Crippen molar-refractivity contribution in [3.8, 4) is 0 Å². The van der Waals surface area contributed by atoms with Gasteiger partial charge in [-0.15, -0.1) is 0 Å². The lowest BCUT2D eigenvalue weighted by molar-refractivity contribution is -0.0979. The number of anilines is 2. The minimum absolute atomic E-state index is 0.0227. The highest BCUT2D eigenvalue weighted by atomic mass is 35.5. The second-order valence-corrected chi connectivity index (χ2v) is 4.67. The minimum atomic E-state index is -2.36. The lowest BCUT2D eigenvalue weighted by Gasteiger charge is -2.06. The third-order valence-electron chi connectivity index (χ3n) is 1.70. The number of nitrogens with zero attached hydrogens (tertiary/aromatic N) is 3. The van der Waals surface area contributed by atoms with Crippen molar-refractivity contribution in [2.45, 2.75) is 0 Å². The predicted octanol–water partition coefficient (Wildman–Crippen LogP) is 2.13. The first-order valence-corrected chi connectivity index (χ1v) is 7.37. The number of para-hydroxylation sites is 1. The molecule has 0 amide bonds. The first kappa shape index (κ1) is 20.6. The fourth-order valence-electron chi connectivity index (χ4n) is 1.06. The summed E-state index contributed by atoms with van der Waals surface area (Å²) in [6, 6.07) is 7.18. The number of nitrogens with one attached hydrogen (secondary N) is 1. The average Bonchev–Trinajstić information content (AvgIpc) is 2.42. The summed E-state index contributed by atoms with van der Waals surface area (Å²) in [5.41, 5.74) is 0.669. The first-order valence-electron chi connectivity index (χ1n) is 5.09. The summed E-state index contributed by atoms with van der Waals surface area (Å²) in [6.45, 7) is 2.00. The third-order valence-corrected chi connectivity index (χ3v) is 2.37. The van der Waals surface area contributed by atoms with Gasteiger partial charge < -0.3 is 14.7 Å². The molecule has 120 valence electrons. The molecule has 2 aromatic rings. The second kappa shape index (κ2) is 11.2. The fraction of sp³-hybridized carbons (Fsp3) is 0. The lowest BCUT2D eigenvalue weighted by Crippen LogP contribution is -1.99. The zero-order valence-corrected chi connectivity index (χ0v) is 13.8. The summed E-state index contributed by atoms with van der Waals surface area (Å²) < 4.78 is 17.6. The normalized spacial score (nSPS) is 10.4. The third kappa shape index (κ3) is 8.82. The molecule has 12 heteroatoms. The van der Waals surface area contributed by atoms with Crippen LogP contribution in [-0.2, 0) is 16.1 Å². The van der Waals surface area contributed by atoms with Gasteiger partial charge in [0.15, 0.2) is 0 Å². The molecule has 0 aliphatic carbocycles. The van der Waals surface area contributed by atoms with Crippen LogP contribution in [0.3, 0.4) is 0 Å². The Bertz CT molecular complexity index is 610. The molecule has 0 fully saturated rings. The minimum Gasteiger partial charge on any atom is -0.760 e. The molecular weight excluding hydrogens is 377 g/mol. The summed E-state index contributed by atoms with van der Waals surface area (Å²) in [7, 11) is 0. The molecule has 0 saturated carbocycles. The van der Waals surface area contributed by atoms with Crippen LogP contribution in [0.5, 0.6) is 0 Å². The van der Waals surface area contributed by atoms with Gasteiger partial charge in [-0.1, -0.05) is 23.7 Å². The van der Waals surface area contributed by atoms with Gasteiger partial charge >= 0.3 is 0 Å². The smallest absolute Gasteiger partial charge is 0.232 e. The molecule has 0 aliphatic rings. The quantitative estimate of drug-likeness (QED) is 0.756. The molecule has 1 heterocycles. The highest BCUT2D eigenvalue weighted by Gasteiger charge is 2.05. The van der Waals surface area contributed by atoms with E-state index < -0.39 is 11.3 Å². The zero-order valence-electron chi connectivity index (χ0n) is 10.7. The SMILES string of the molecule is C=O.Clc1nc(Cl)nc(Nc2ccccc2Cl)n1.NS(=O)[O-]. The second-order valence-electron chi connectivity index (χ2n) is 3.06. The summed E-state index contributed by atoms with van der Waals surface area (Å²) in [5.74, 6) is 0.248. The van der Waals surface area contributed by atoms with Gasteiger partial charge in [-0.25, -0.2) is 0 Å². The standard InChI is InChI=1S/C9H5Cl3N4.CH2O.H3NO2S/c10-5-3-1-2-4-6(5)13-9-15-7(11)14-8(12)16-9;1-2;1-4(2)3/h1-4H,(H,13,14,15,16);1H2;1H2,(H,2,3)/p-1. The Kier molecular flexibility index (Phi) is 10.5. The Hall–Kier alpha value is -1.36. The summed E-state index contributed by atoms with van der Waals surface area (Å²) >= 11 is 14.9. The highest BCUT2D eigenvalue weighted by molar-refractivity contribution is 7.76. The number of hydrogen-bond donors (Lipinski definition) is 2. The van der Waals surface area contributed by atoms with Gasteiger partial charge in [0.05, 0.1) is 10.7 Å². The molecular formula is C10H9Cl3N5O3S-. The largest absolute Gasteiger partial charge is 0.760 e. The Balaban J connectivity index is 0.000000640. The molecule has 1 unspecified atom stereocenters. The molecule has 0 spiro atoms. The number of nitrogens with two attached hydrogens (primary N) is 1. The van der Waals surface area contributed by atoms with E-state index in [2.05, 4.69) is 25.4 Å². The van der Waals surface area contributed by atoms with Crippen LogP contribution in [-0.4, -0.2) is 30.5 Å². The molecule has 1 atom stereocenters. The van der Waals surface area contributed by atoms with E-state index in [4.69, 9.17) is 48.4 Å². The predicted molar refractivity (Wildman–Crippen MR) is 84.8 cm³/mol. The Morgan fingerprint density at radius 3 is 2.00 bits per heavy atom. The molecule has 8 nitrogen and oxygen atoms in total.